The molecule has 1 saturated heterocycles. The molecule has 9 heteroatoms. The van der Waals surface area contributed by atoms with Crippen molar-refractivity contribution in [1.82, 2.24) is 10.3 Å². The van der Waals surface area contributed by atoms with Crippen molar-refractivity contribution < 1.29 is 27.5 Å². The van der Waals surface area contributed by atoms with Crippen molar-refractivity contribution in [3.63, 3.8) is 0 Å². The Labute approximate surface area is 177 Å². The Morgan fingerprint density at radius 2 is 2.00 bits per heavy atom. The average Bonchev–Trinajstić information content (AvgIpc) is 3.29. The number of aromatic nitrogens is 1. The zero-order valence-electron chi connectivity index (χ0n) is 16.7. The molecule has 0 aliphatic carbocycles. The van der Waals surface area contributed by atoms with E-state index in [4.69, 9.17) is 9.57 Å². The lowest BCUT2D eigenvalue weighted by molar-refractivity contribution is -0.137. The maximum atomic E-state index is 13.2. The molecule has 3 heterocycles. The number of carbonyl (C=O) groups is 1. The van der Waals surface area contributed by atoms with Crippen molar-refractivity contribution in [2.45, 2.75) is 37.0 Å². The lowest BCUT2D eigenvalue weighted by Crippen LogP contribution is -2.47. The zero-order valence-corrected chi connectivity index (χ0v) is 16.7. The molecule has 4 rings (SSSR count). The van der Waals surface area contributed by atoms with Gasteiger partial charge in [0.1, 0.15) is 0 Å². The van der Waals surface area contributed by atoms with E-state index < -0.39 is 23.3 Å². The Hall–Kier alpha value is -2.94. The van der Waals surface area contributed by atoms with Gasteiger partial charge in [0.2, 0.25) is 6.10 Å². The van der Waals surface area contributed by atoms with E-state index in [1.165, 1.54) is 12.1 Å². The third-order valence-corrected chi connectivity index (χ3v) is 5.81. The van der Waals surface area contributed by atoms with Gasteiger partial charge in [-0.1, -0.05) is 23.4 Å². The maximum Gasteiger partial charge on any atom is 0.416 e. The zero-order chi connectivity index (χ0) is 21.9. The summed E-state index contributed by atoms with van der Waals surface area (Å²) >= 11 is 0. The molecule has 1 amide bonds. The van der Waals surface area contributed by atoms with Crippen molar-refractivity contribution >= 4 is 11.6 Å². The molecule has 0 radical (unpaired) electrons. The average molecular weight is 433 g/mol. The van der Waals surface area contributed by atoms with Crippen LogP contribution >= 0.6 is 0 Å². The van der Waals surface area contributed by atoms with Gasteiger partial charge in [-0.25, -0.2) is 0 Å². The highest BCUT2D eigenvalue weighted by Gasteiger charge is 2.39. The predicted molar refractivity (Wildman–Crippen MR) is 106 cm³/mol. The fourth-order valence-corrected chi connectivity index (χ4v) is 3.95. The molecule has 1 fully saturated rings. The fourth-order valence-electron chi connectivity index (χ4n) is 3.95. The number of oxime groups is 1. The van der Waals surface area contributed by atoms with Crippen LogP contribution in [0, 0.1) is 0 Å². The van der Waals surface area contributed by atoms with Crippen LogP contribution in [0.2, 0.25) is 0 Å². The first-order chi connectivity index (χ1) is 14.9. The van der Waals surface area contributed by atoms with Crippen LogP contribution in [0.15, 0.2) is 53.9 Å². The van der Waals surface area contributed by atoms with Gasteiger partial charge in [0.05, 0.1) is 11.3 Å². The van der Waals surface area contributed by atoms with Crippen molar-refractivity contribution in [2.24, 2.45) is 5.16 Å². The van der Waals surface area contributed by atoms with E-state index in [1.54, 1.807) is 24.5 Å². The summed E-state index contributed by atoms with van der Waals surface area (Å²) < 4.78 is 45.1. The molecule has 1 aromatic heterocycles. The van der Waals surface area contributed by atoms with Crippen LogP contribution in [0.25, 0.3) is 0 Å². The minimum Gasteiger partial charge on any atom is -0.382 e. The van der Waals surface area contributed by atoms with Crippen LogP contribution in [0.1, 0.15) is 36.0 Å². The number of halogens is 3. The second kappa shape index (κ2) is 8.66. The molecular weight excluding hydrogens is 411 g/mol. The first kappa shape index (κ1) is 21.3. The van der Waals surface area contributed by atoms with E-state index in [-0.39, 0.29) is 12.5 Å². The van der Waals surface area contributed by atoms with E-state index in [1.807, 2.05) is 6.07 Å². The van der Waals surface area contributed by atoms with Gasteiger partial charge in [-0.05, 0) is 36.6 Å². The minimum atomic E-state index is -4.43. The van der Waals surface area contributed by atoms with Gasteiger partial charge in [-0.15, -0.1) is 0 Å². The van der Waals surface area contributed by atoms with Gasteiger partial charge in [-0.2, -0.15) is 13.2 Å². The molecule has 0 bridgehead atoms. The van der Waals surface area contributed by atoms with Crippen molar-refractivity contribution in [1.29, 1.82) is 0 Å². The van der Waals surface area contributed by atoms with Crippen LogP contribution in [-0.4, -0.2) is 42.5 Å². The number of ether oxygens (including phenoxy) is 1. The summed E-state index contributed by atoms with van der Waals surface area (Å²) in [5, 5.41) is 6.86. The smallest absolute Gasteiger partial charge is 0.382 e. The summed E-state index contributed by atoms with van der Waals surface area (Å²) in [6, 6.07) is 8.93. The fraction of sp³-hybridized carbons (Fsp3) is 0.409. The Morgan fingerprint density at radius 1 is 1.19 bits per heavy atom. The summed E-state index contributed by atoms with van der Waals surface area (Å²) in [6.07, 6.45) is -0.595. The molecule has 0 spiro atoms. The Balaban J connectivity index is 1.45. The molecule has 2 aliphatic rings. The van der Waals surface area contributed by atoms with Crippen LogP contribution in [0.5, 0.6) is 0 Å². The monoisotopic (exact) mass is 433 g/mol. The van der Waals surface area contributed by atoms with E-state index >= 15 is 0 Å². The molecular formula is C22H22F3N3O3. The second-order valence-corrected chi connectivity index (χ2v) is 7.77. The van der Waals surface area contributed by atoms with Crippen LogP contribution in [0.4, 0.5) is 13.2 Å². The molecule has 1 atom stereocenters. The third-order valence-electron chi connectivity index (χ3n) is 5.81. The topological polar surface area (TPSA) is 72.8 Å². The van der Waals surface area contributed by atoms with Crippen molar-refractivity contribution in [2.75, 3.05) is 19.8 Å². The quantitative estimate of drug-likeness (QED) is 0.784. The van der Waals surface area contributed by atoms with Crippen molar-refractivity contribution in [3.8, 4) is 0 Å². The summed E-state index contributed by atoms with van der Waals surface area (Å²) in [5.41, 5.74) is 0.622. The normalized spacial score (nSPS) is 20.6. The molecule has 6 nitrogen and oxygen atoms in total. The number of pyridine rings is 1. The molecule has 31 heavy (non-hydrogen) atoms. The highest BCUT2D eigenvalue weighted by atomic mass is 19.4. The van der Waals surface area contributed by atoms with E-state index in [0.29, 0.717) is 43.8 Å². The van der Waals surface area contributed by atoms with Gasteiger partial charge < -0.3 is 14.9 Å². The number of amides is 1. The van der Waals surface area contributed by atoms with Gasteiger partial charge in [0.15, 0.2) is 0 Å². The lowest BCUT2D eigenvalue weighted by atomic mass is 9.73. The molecule has 1 N–H and O–H groups in total. The van der Waals surface area contributed by atoms with Gasteiger partial charge >= 0.3 is 6.18 Å². The summed E-state index contributed by atoms with van der Waals surface area (Å²) in [4.78, 5) is 22.1. The number of benzene rings is 1. The number of alkyl halides is 3. The first-order valence-corrected chi connectivity index (χ1v) is 10.0. The van der Waals surface area contributed by atoms with Gasteiger partial charge in [-0.3, -0.25) is 9.78 Å². The van der Waals surface area contributed by atoms with Crippen LogP contribution in [0.3, 0.4) is 0 Å². The molecule has 1 aromatic carbocycles. The molecule has 164 valence electrons. The molecule has 0 saturated carbocycles. The van der Waals surface area contributed by atoms with Crippen LogP contribution < -0.4 is 5.32 Å². The predicted octanol–water partition coefficient (Wildman–Crippen LogP) is 3.46. The highest BCUT2D eigenvalue weighted by Crippen LogP contribution is 2.38. The molecule has 1 unspecified atom stereocenters. The summed E-state index contributed by atoms with van der Waals surface area (Å²) in [5.74, 6) is -0.347. The number of carbonyl (C=O) groups excluding carboxylic acids is 1. The number of hydrogen-bond donors (Lipinski definition) is 1. The van der Waals surface area contributed by atoms with Gasteiger partial charge in [0, 0.05) is 49.6 Å². The number of nitrogens with one attached hydrogen (secondary N) is 1. The Morgan fingerprint density at radius 3 is 2.71 bits per heavy atom. The number of rotatable bonds is 5. The lowest BCUT2D eigenvalue weighted by Gasteiger charge is -2.38. The Bertz CT molecular complexity index is 957. The van der Waals surface area contributed by atoms with Crippen LogP contribution in [-0.2, 0) is 26.0 Å². The van der Waals surface area contributed by atoms with E-state index in [0.717, 1.165) is 11.6 Å². The number of hydrogen-bond acceptors (Lipinski definition) is 5. The summed E-state index contributed by atoms with van der Waals surface area (Å²) in [7, 11) is 0. The van der Waals surface area contributed by atoms with E-state index in [2.05, 4.69) is 15.5 Å². The van der Waals surface area contributed by atoms with E-state index in [9.17, 15) is 18.0 Å². The third kappa shape index (κ3) is 4.71. The maximum absolute atomic E-state index is 13.2. The standard InChI is InChI=1S/C22H22F3N3O3/c23-22(24,25)17-5-1-4-16(11-17)21(6-9-30-10-7-21)14-27-20(29)19-12-18(28-31-19)15-3-2-8-26-13-15/h1-5,8,11,13,19H,6-7,9-10,12,14H2,(H,27,29). The number of nitrogens with zero attached hydrogens (tertiary/aromatic N) is 2. The highest BCUT2D eigenvalue weighted by molar-refractivity contribution is 6.03. The molecule has 2 aromatic rings. The SMILES string of the molecule is O=C(NCC1(c2cccc(C(F)(F)F)c2)CCOCC1)C1CC(c2cccnc2)=NO1. The van der Waals surface area contributed by atoms with Crippen molar-refractivity contribution in [3.05, 3.63) is 65.5 Å². The Kier molecular flexibility index (Phi) is 5.95. The largest absolute Gasteiger partial charge is 0.416 e. The minimum absolute atomic E-state index is 0.193. The van der Waals surface area contributed by atoms with Gasteiger partial charge in [0.25, 0.3) is 5.91 Å². The first-order valence-electron chi connectivity index (χ1n) is 10.0. The molecule has 2 aliphatic heterocycles. The second-order valence-electron chi connectivity index (χ2n) is 7.77. The summed E-state index contributed by atoms with van der Waals surface area (Å²) in [6.45, 7) is 1.03.